The lowest BCUT2D eigenvalue weighted by Gasteiger charge is -2.14. The lowest BCUT2D eigenvalue weighted by atomic mass is 10.1. The Labute approximate surface area is 164 Å². The van der Waals surface area contributed by atoms with Crippen LogP contribution in [0.25, 0.3) is 0 Å². The number of benzene rings is 2. The molecule has 0 atom stereocenters. The van der Waals surface area contributed by atoms with E-state index in [0.29, 0.717) is 17.0 Å². The number of anilines is 1. The third-order valence-corrected chi connectivity index (χ3v) is 3.63. The normalized spacial score (nSPS) is 11.6. The standard InChI is InChI=1S/C18H16F3N3O3S/c1-11(12-6-8-13(9-7-12)27-10-16(25)26)23-24-17(28)22-15-5-3-2-4-14(15)18(19,20)21/h2-9H,10H2,1H3,(H,25,26)(H2,22,24,28)/b23-11-. The fraction of sp³-hybridized carbons (Fsp3) is 0.167. The Balaban J connectivity index is 2.00. The van der Waals surface area contributed by atoms with Crippen molar-refractivity contribution in [2.24, 2.45) is 5.10 Å². The second-order valence-electron chi connectivity index (χ2n) is 5.51. The fourth-order valence-corrected chi connectivity index (χ4v) is 2.28. The Bertz CT molecular complexity index is 884. The monoisotopic (exact) mass is 411 g/mol. The molecule has 0 saturated carbocycles. The molecule has 0 aromatic heterocycles. The quantitative estimate of drug-likeness (QED) is 0.380. The highest BCUT2D eigenvalue weighted by molar-refractivity contribution is 7.80. The van der Waals surface area contributed by atoms with Crippen LogP contribution in [-0.4, -0.2) is 28.5 Å². The van der Waals surface area contributed by atoms with E-state index in [1.165, 1.54) is 18.2 Å². The minimum atomic E-state index is -4.51. The van der Waals surface area contributed by atoms with E-state index in [2.05, 4.69) is 15.8 Å². The Kier molecular flexibility index (Phi) is 6.94. The Morgan fingerprint density at radius 2 is 1.82 bits per heavy atom. The summed E-state index contributed by atoms with van der Waals surface area (Å²) in [7, 11) is 0. The van der Waals surface area contributed by atoms with Gasteiger partial charge in [0.15, 0.2) is 11.7 Å². The molecule has 28 heavy (non-hydrogen) atoms. The average Bonchev–Trinajstić information content (AvgIpc) is 2.64. The van der Waals surface area contributed by atoms with Crippen molar-refractivity contribution in [3.8, 4) is 5.75 Å². The number of rotatable bonds is 6. The van der Waals surface area contributed by atoms with Crippen molar-refractivity contribution in [3.05, 3.63) is 59.7 Å². The SMILES string of the molecule is C/C(=N/NC(=S)Nc1ccccc1C(F)(F)F)c1ccc(OCC(=O)O)cc1. The number of nitrogens with zero attached hydrogens (tertiary/aromatic N) is 1. The topological polar surface area (TPSA) is 83.0 Å². The maximum atomic E-state index is 13.0. The van der Waals surface area contributed by atoms with Gasteiger partial charge in [-0.05, 0) is 61.1 Å². The van der Waals surface area contributed by atoms with Crippen molar-refractivity contribution in [2.45, 2.75) is 13.1 Å². The van der Waals surface area contributed by atoms with Crippen LogP contribution in [-0.2, 0) is 11.0 Å². The van der Waals surface area contributed by atoms with Gasteiger partial charge in [-0.1, -0.05) is 12.1 Å². The Hall–Kier alpha value is -3.14. The molecule has 0 unspecified atom stereocenters. The molecule has 148 valence electrons. The Morgan fingerprint density at radius 1 is 1.18 bits per heavy atom. The first-order valence-corrected chi connectivity index (χ1v) is 8.30. The summed E-state index contributed by atoms with van der Waals surface area (Å²) in [6, 6.07) is 11.4. The van der Waals surface area contributed by atoms with Crippen LogP contribution < -0.4 is 15.5 Å². The first kappa shape index (κ1) is 21.2. The largest absolute Gasteiger partial charge is 0.482 e. The minimum Gasteiger partial charge on any atom is -0.482 e. The maximum absolute atomic E-state index is 13.0. The number of nitrogens with one attached hydrogen (secondary N) is 2. The van der Waals surface area contributed by atoms with Gasteiger partial charge in [-0.15, -0.1) is 0 Å². The number of aliphatic carboxylic acids is 1. The van der Waals surface area contributed by atoms with E-state index in [-0.39, 0.29) is 10.8 Å². The third kappa shape index (κ3) is 6.23. The van der Waals surface area contributed by atoms with Crippen LogP contribution in [0.1, 0.15) is 18.1 Å². The zero-order valence-corrected chi connectivity index (χ0v) is 15.4. The van der Waals surface area contributed by atoms with Crippen molar-refractivity contribution in [1.29, 1.82) is 0 Å². The van der Waals surface area contributed by atoms with Gasteiger partial charge in [0, 0.05) is 0 Å². The molecular formula is C18H16F3N3O3S. The molecule has 0 aliphatic heterocycles. The highest BCUT2D eigenvalue weighted by Crippen LogP contribution is 2.34. The second-order valence-corrected chi connectivity index (χ2v) is 5.92. The van der Waals surface area contributed by atoms with Crippen LogP contribution in [0.2, 0.25) is 0 Å². The van der Waals surface area contributed by atoms with Gasteiger partial charge in [-0.25, -0.2) is 4.79 Å². The molecule has 0 radical (unpaired) electrons. The zero-order valence-electron chi connectivity index (χ0n) is 14.6. The first-order valence-electron chi connectivity index (χ1n) is 7.89. The maximum Gasteiger partial charge on any atom is 0.418 e. The van der Waals surface area contributed by atoms with Crippen molar-refractivity contribution < 1.29 is 27.8 Å². The van der Waals surface area contributed by atoms with E-state index in [4.69, 9.17) is 22.1 Å². The first-order chi connectivity index (χ1) is 13.2. The molecule has 2 aromatic carbocycles. The lowest BCUT2D eigenvalue weighted by Crippen LogP contribution is -2.26. The molecule has 0 aliphatic rings. The number of carbonyl (C=O) groups is 1. The van der Waals surface area contributed by atoms with Gasteiger partial charge in [0.1, 0.15) is 5.75 Å². The number of halogens is 3. The number of alkyl halides is 3. The van der Waals surface area contributed by atoms with Crippen molar-refractivity contribution in [3.63, 3.8) is 0 Å². The van der Waals surface area contributed by atoms with E-state index in [1.54, 1.807) is 31.2 Å². The van der Waals surface area contributed by atoms with Gasteiger partial charge in [-0.2, -0.15) is 18.3 Å². The molecule has 0 heterocycles. The number of hydrogen-bond donors (Lipinski definition) is 3. The Morgan fingerprint density at radius 3 is 2.43 bits per heavy atom. The summed E-state index contributed by atoms with van der Waals surface area (Å²) in [6.45, 7) is 1.22. The molecule has 0 saturated heterocycles. The second kappa shape index (κ2) is 9.18. The molecule has 2 rings (SSSR count). The van der Waals surface area contributed by atoms with E-state index in [9.17, 15) is 18.0 Å². The summed E-state index contributed by atoms with van der Waals surface area (Å²) in [5, 5.41) is 15.0. The summed E-state index contributed by atoms with van der Waals surface area (Å²) in [6.07, 6.45) is -4.51. The van der Waals surface area contributed by atoms with Gasteiger partial charge in [-0.3, -0.25) is 5.43 Å². The van der Waals surface area contributed by atoms with Crippen LogP contribution >= 0.6 is 12.2 Å². The molecular weight excluding hydrogens is 395 g/mol. The van der Waals surface area contributed by atoms with Crippen LogP contribution in [0.3, 0.4) is 0 Å². The molecule has 0 spiro atoms. The fourth-order valence-electron chi connectivity index (χ4n) is 2.13. The number of carboxylic acids is 1. The smallest absolute Gasteiger partial charge is 0.418 e. The molecule has 3 N–H and O–H groups in total. The summed E-state index contributed by atoms with van der Waals surface area (Å²) in [5.74, 6) is -0.702. The molecule has 0 bridgehead atoms. The van der Waals surface area contributed by atoms with Gasteiger partial charge in [0.25, 0.3) is 0 Å². The lowest BCUT2D eigenvalue weighted by molar-refractivity contribution is -0.139. The number of hydrogen-bond acceptors (Lipinski definition) is 4. The van der Waals surface area contributed by atoms with E-state index < -0.39 is 24.3 Å². The van der Waals surface area contributed by atoms with Gasteiger partial charge < -0.3 is 15.2 Å². The average molecular weight is 411 g/mol. The third-order valence-electron chi connectivity index (χ3n) is 3.44. The highest BCUT2D eigenvalue weighted by Gasteiger charge is 2.33. The van der Waals surface area contributed by atoms with E-state index in [1.807, 2.05) is 0 Å². The molecule has 10 heteroatoms. The van der Waals surface area contributed by atoms with Crippen molar-refractivity contribution in [1.82, 2.24) is 5.43 Å². The number of thiocarbonyl (C=S) groups is 1. The predicted molar refractivity (Wildman–Crippen MR) is 103 cm³/mol. The van der Waals surface area contributed by atoms with Gasteiger partial charge in [0.2, 0.25) is 0 Å². The summed E-state index contributed by atoms with van der Waals surface area (Å²) in [4.78, 5) is 10.5. The number of ether oxygens (including phenoxy) is 1. The van der Waals surface area contributed by atoms with Gasteiger partial charge >= 0.3 is 12.1 Å². The summed E-state index contributed by atoms with van der Waals surface area (Å²) in [5.41, 5.74) is 2.68. The number of carboxylic acid groups (broad SMARTS) is 1. The van der Waals surface area contributed by atoms with E-state index in [0.717, 1.165) is 6.07 Å². The molecule has 2 aromatic rings. The van der Waals surface area contributed by atoms with Crippen LogP contribution in [0, 0.1) is 0 Å². The van der Waals surface area contributed by atoms with E-state index >= 15 is 0 Å². The molecule has 6 nitrogen and oxygen atoms in total. The van der Waals surface area contributed by atoms with Crippen LogP contribution in [0.15, 0.2) is 53.6 Å². The van der Waals surface area contributed by atoms with Crippen LogP contribution in [0.5, 0.6) is 5.75 Å². The van der Waals surface area contributed by atoms with Gasteiger partial charge in [0.05, 0.1) is 17.0 Å². The number of hydrazone groups is 1. The minimum absolute atomic E-state index is 0.0996. The highest BCUT2D eigenvalue weighted by atomic mass is 32.1. The van der Waals surface area contributed by atoms with Crippen molar-refractivity contribution >= 4 is 34.7 Å². The molecule has 0 amide bonds. The number of para-hydroxylation sites is 1. The predicted octanol–water partition coefficient (Wildman–Crippen LogP) is 3.88. The van der Waals surface area contributed by atoms with Crippen LogP contribution in [0.4, 0.5) is 18.9 Å². The zero-order chi connectivity index (χ0) is 20.7. The summed E-state index contributed by atoms with van der Waals surface area (Å²) >= 11 is 4.99. The molecule has 0 fully saturated rings. The van der Waals surface area contributed by atoms with Crippen molar-refractivity contribution in [2.75, 3.05) is 11.9 Å². The summed E-state index contributed by atoms with van der Waals surface area (Å²) < 4.78 is 44.0. The molecule has 0 aliphatic carbocycles.